The summed E-state index contributed by atoms with van der Waals surface area (Å²) < 4.78 is 67.8. The summed E-state index contributed by atoms with van der Waals surface area (Å²) in [5.74, 6) is 1.43. The van der Waals surface area contributed by atoms with Crippen molar-refractivity contribution in [3.8, 4) is 56.0 Å². The van der Waals surface area contributed by atoms with Gasteiger partial charge in [0.05, 0.1) is 155 Å². The molecule has 9 rings (SSSR count). The third-order valence-electron chi connectivity index (χ3n) is 13.9. The lowest BCUT2D eigenvalue weighted by Crippen LogP contribution is -2.14. The fourth-order valence-electron chi connectivity index (χ4n) is 9.77. The standard InChI is InChI=1S/C68H76N10O12/c69-77-71-27-29-79-31-33-81-35-37-83-39-41-85-43-45-87-47-49-89-55-15-11-53(12-16-55)67-61-23-19-57(73-61)65(51-7-3-1-4-8-51)58-20-24-62(74-58)68(64-26-22-60(76-64)66(52-9-5-2-6-10-52)59-21-25-63(67)75-59)54-13-17-56(18-14-54)90-50-48-88-46-44-86-42-40-84-38-36-82-34-32-80-30-28-72-78-70/h1-26,73,76H,27-50H2. The second-order valence-electron chi connectivity index (χ2n) is 20.0. The zero-order valence-electron chi connectivity index (χ0n) is 50.5. The topological polar surface area (TPSA) is 266 Å². The Balaban J connectivity index is 0.858. The average molecular weight is 1230 g/mol. The van der Waals surface area contributed by atoms with Gasteiger partial charge in [-0.1, -0.05) is 95.2 Å². The lowest BCUT2D eigenvalue weighted by atomic mass is 10.0. The smallest absolute Gasteiger partial charge is 0.119 e. The van der Waals surface area contributed by atoms with Crippen molar-refractivity contribution in [2.75, 3.05) is 158 Å². The van der Waals surface area contributed by atoms with Gasteiger partial charge in [-0.05, 0) is 106 Å². The molecule has 5 heterocycles. The van der Waals surface area contributed by atoms with Crippen LogP contribution in [-0.2, 0) is 47.4 Å². The fourth-order valence-corrected chi connectivity index (χ4v) is 9.77. The number of rotatable bonds is 42. The summed E-state index contributed by atoms with van der Waals surface area (Å²) in [6.45, 7) is 10.0. The van der Waals surface area contributed by atoms with Crippen LogP contribution in [0.2, 0.25) is 0 Å². The monoisotopic (exact) mass is 1220 g/mol. The molecule has 2 aliphatic rings. The van der Waals surface area contributed by atoms with Crippen LogP contribution in [0.1, 0.15) is 22.8 Å². The van der Waals surface area contributed by atoms with E-state index in [4.69, 9.17) is 77.9 Å². The van der Waals surface area contributed by atoms with Crippen LogP contribution in [0.3, 0.4) is 0 Å². The van der Waals surface area contributed by atoms with Gasteiger partial charge in [0.1, 0.15) is 24.7 Å². The van der Waals surface area contributed by atoms with Gasteiger partial charge >= 0.3 is 0 Å². The highest BCUT2D eigenvalue weighted by atomic mass is 16.6. The molecular formula is C68H76N10O12. The maximum absolute atomic E-state index is 8.29. The van der Waals surface area contributed by atoms with Crippen LogP contribution < -0.4 is 9.47 Å². The molecule has 2 N–H and O–H groups in total. The molecular weight excluding hydrogens is 1150 g/mol. The van der Waals surface area contributed by atoms with Gasteiger partial charge in [-0.15, -0.1) is 0 Å². The Morgan fingerprint density at radius 3 is 0.800 bits per heavy atom. The maximum Gasteiger partial charge on any atom is 0.119 e. The largest absolute Gasteiger partial charge is 0.491 e. The number of benzene rings is 4. The number of ether oxygens (including phenoxy) is 12. The number of H-pyrrole nitrogens is 2. The molecule has 90 heavy (non-hydrogen) atoms. The molecule has 22 nitrogen and oxygen atoms in total. The van der Waals surface area contributed by atoms with Gasteiger partial charge in [-0.2, -0.15) is 0 Å². The van der Waals surface area contributed by atoms with Gasteiger partial charge < -0.3 is 66.8 Å². The van der Waals surface area contributed by atoms with E-state index >= 15 is 0 Å². The summed E-state index contributed by atoms with van der Waals surface area (Å²) >= 11 is 0. The van der Waals surface area contributed by atoms with Crippen LogP contribution in [0, 0.1) is 0 Å². The van der Waals surface area contributed by atoms with Crippen molar-refractivity contribution in [2.24, 2.45) is 10.2 Å². The van der Waals surface area contributed by atoms with E-state index in [1.54, 1.807) is 0 Å². The molecule has 3 aromatic heterocycles. The van der Waals surface area contributed by atoms with E-state index in [1.807, 2.05) is 60.7 Å². The number of nitrogens with zero attached hydrogens (tertiary/aromatic N) is 8. The molecule has 4 aromatic carbocycles. The van der Waals surface area contributed by atoms with Crippen LogP contribution in [0.4, 0.5) is 0 Å². The number of azide groups is 2. The minimum atomic E-state index is 0.308. The molecule has 0 aliphatic carbocycles. The molecule has 0 fully saturated rings. The van der Waals surface area contributed by atoms with E-state index in [0.717, 1.165) is 101 Å². The Morgan fingerprint density at radius 2 is 0.533 bits per heavy atom. The second-order valence-corrected chi connectivity index (χ2v) is 20.0. The third kappa shape index (κ3) is 20.7. The average Bonchev–Trinajstić information content (AvgIpc) is 1.77. The highest BCUT2D eigenvalue weighted by Gasteiger charge is 2.19. The fraction of sp³-hybridized carbons (Fsp3) is 0.353. The zero-order chi connectivity index (χ0) is 61.9. The number of hydrogen-bond donors (Lipinski definition) is 2. The van der Waals surface area contributed by atoms with E-state index in [9.17, 15) is 0 Å². The number of nitrogens with one attached hydrogen (secondary N) is 2. The van der Waals surface area contributed by atoms with Crippen molar-refractivity contribution in [1.82, 2.24) is 19.9 Å². The number of aromatic nitrogens is 4. The highest BCUT2D eigenvalue weighted by Crippen LogP contribution is 2.39. The van der Waals surface area contributed by atoms with Crippen LogP contribution in [0.25, 0.3) is 112 Å². The van der Waals surface area contributed by atoms with Crippen LogP contribution in [0.5, 0.6) is 11.5 Å². The first-order chi connectivity index (χ1) is 44.7. The van der Waals surface area contributed by atoms with E-state index < -0.39 is 0 Å². The summed E-state index contributed by atoms with van der Waals surface area (Å²) in [5.41, 5.74) is 31.1. The molecule has 0 saturated carbocycles. The Morgan fingerprint density at radius 1 is 0.289 bits per heavy atom. The molecule has 7 aromatic rings. The van der Waals surface area contributed by atoms with E-state index in [-0.39, 0.29) is 0 Å². The Hall–Kier alpha value is -8.70. The van der Waals surface area contributed by atoms with Gasteiger partial charge in [0.2, 0.25) is 0 Å². The summed E-state index contributed by atoms with van der Waals surface area (Å²) in [4.78, 5) is 24.0. The first-order valence-corrected chi connectivity index (χ1v) is 30.2. The van der Waals surface area contributed by atoms with Crippen molar-refractivity contribution in [3.63, 3.8) is 0 Å². The lowest BCUT2D eigenvalue weighted by molar-refractivity contribution is -0.0122. The van der Waals surface area contributed by atoms with Crippen molar-refractivity contribution < 1.29 is 56.8 Å². The minimum absolute atomic E-state index is 0.308. The van der Waals surface area contributed by atoms with Crippen molar-refractivity contribution in [1.29, 1.82) is 0 Å². The highest BCUT2D eigenvalue weighted by molar-refractivity contribution is 5.99. The van der Waals surface area contributed by atoms with Gasteiger partial charge in [0, 0.05) is 67.2 Å². The minimum Gasteiger partial charge on any atom is -0.491 e. The molecule has 0 atom stereocenters. The summed E-state index contributed by atoms with van der Waals surface area (Å²) in [6.07, 6.45) is 8.38. The van der Waals surface area contributed by atoms with E-state index in [1.165, 1.54) is 0 Å². The zero-order valence-corrected chi connectivity index (χ0v) is 50.5. The van der Waals surface area contributed by atoms with Crippen molar-refractivity contribution in [2.45, 2.75) is 0 Å². The van der Waals surface area contributed by atoms with Gasteiger partial charge in [0.15, 0.2) is 0 Å². The third-order valence-corrected chi connectivity index (χ3v) is 13.9. The predicted octanol–water partition coefficient (Wildman–Crippen LogP) is 12.9. The molecule has 0 amide bonds. The normalized spacial score (nSPS) is 11.6. The molecule has 22 heteroatoms. The first kappa shape index (κ1) is 65.7. The Kier molecular flexibility index (Phi) is 27.7. The molecule has 470 valence electrons. The maximum atomic E-state index is 8.29. The van der Waals surface area contributed by atoms with E-state index in [2.05, 4.69) is 127 Å². The second kappa shape index (κ2) is 38.0. The lowest BCUT2D eigenvalue weighted by Gasteiger charge is -2.10. The Bertz CT molecular complexity index is 3390. The van der Waals surface area contributed by atoms with Crippen molar-refractivity contribution in [3.05, 3.63) is 177 Å². The van der Waals surface area contributed by atoms with Crippen LogP contribution >= 0.6 is 0 Å². The van der Waals surface area contributed by atoms with Gasteiger partial charge in [0.25, 0.3) is 0 Å². The molecule has 0 spiro atoms. The number of hydrogen-bond acceptors (Lipinski definition) is 16. The summed E-state index contributed by atoms with van der Waals surface area (Å²) in [6, 6.07) is 45.4. The molecule has 0 unspecified atom stereocenters. The summed E-state index contributed by atoms with van der Waals surface area (Å²) in [7, 11) is 0. The first-order valence-electron chi connectivity index (χ1n) is 30.2. The quantitative estimate of drug-likeness (QED) is 0.0156. The molecule has 0 radical (unpaired) electrons. The van der Waals surface area contributed by atoms with Gasteiger partial charge in [-0.3, -0.25) is 0 Å². The molecule has 8 bridgehead atoms. The number of fused-ring (bicyclic) bond motifs is 8. The SMILES string of the molecule is [N-]=[N+]=NCCOCCOCCOCCOCCOCCOc1ccc(-c2c3nc(c(-c4ccccc4)c4ccc([nH]4)c(-c4ccc(OCCOCCOCCOCCOCCOCCN=[N+]=[N-])cc4)c4nc(c(-c5ccccc5)c5ccc2[nH]5)C=C4)C=C3)cc1. The number of aromatic amines is 2. The molecule has 2 aliphatic heterocycles. The van der Waals surface area contributed by atoms with Crippen molar-refractivity contribution >= 4 is 46.4 Å². The molecule has 0 saturated heterocycles. The summed E-state index contributed by atoms with van der Waals surface area (Å²) in [5, 5.41) is 6.84. The Labute approximate surface area is 522 Å². The van der Waals surface area contributed by atoms with E-state index in [0.29, 0.717) is 158 Å². The van der Waals surface area contributed by atoms with Gasteiger partial charge in [-0.25, -0.2) is 9.97 Å². The predicted molar refractivity (Wildman–Crippen MR) is 348 cm³/mol. The van der Waals surface area contributed by atoms with Crippen LogP contribution in [0.15, 0.2) is 144 Å². The van der Waals surface area contributed by atoms with Crippen LogP contribution in [-0.4, -0.2) is 178 Å².